The first-order valence-corrected chi connectivity index (χ1v) is 19.6. The Kier molecular flexibility index (Phi) is 40.4. The summed E-state index contributed by atoms with van der Waals surface area (Å²) < 4.78 is 10.1. The summed E-state index contributed by atoms with van der Waals surface area (Å²) in [5.41, 5.74) is -0.416. The Morgan fingerprint density at radius 1 is 0.518 bits per heavy atom. The number of carboxylic acids is 3. The van der Waals surface area contributed by atoms with Crippen LogP contribution < -0.4 is 5.32 Å². The Bertz CT molecular complexity index is 976. The van der Waals surface area contributed by atoms with Crippen molar-refractivity contribution in [3.8, 4) is 0 Å². The molecule has 18 nitrogen and oxygen atoms in total. The van der Waals surface area contributed by atoms with Crippen molar-refractivity contribution >= 4 is 35.8 Å². The zero-order valence-corrected chi connectivity index (χ0v) is 34.8. The van der Waals surface area contributed by atoms with E-state index in [9.17, 15) is 28.8 Å². The fourth-order valence-electron chi connectivity index (χ4n) is 3.36. The lowest BCUT2D eigenvalue weighted by Crippen LogP contribution is -2.31. The van der Waals surface area contributed by atoms with Crippen molar-refractivity contribution in [3.05, 3.63) is 0 Å². The summed E-state index contributed by atoms with van der Waals surface area (Å²) in [4.78, 5) is 93.7. The largest absolute Gasteiger partial charge is 0.481 e. The molecule has 2 atom stereocenters. The number of aliphatic carboxylic acids is 3. The summed E-state index contributed by atoms with van der Waals surface area (Å²) in [5.74, 6) is -2.99. The molecule has 18 heteroatoms. The molecular weight excluding hydrogens is 742 g/mol. The Labute approximate surface area is 332 Å². The van der Waals surface area contributed by atoms with Crippen LogP contribution in [0, 0.1) is 17.3 Å². The topological polar surface area (TPSA) is 249 Å². The SMILES string of the molecule is CCC(C)(C)C(=O)OCCCCOOCCCCCC(=O)O.CCC(C)C(=O)NCCOOCCCC(=O)O.CCC(C)C(=O)OCCOOCCCC(=O)O. The summed E-state index contributed by atoms with van der Waals surface area (Å²) in [7, 11) is 0. The van der Waals surface area contributed by atoms with Gasteiger partial charge in [-0.1, -0.05) is 41.0 Å². The Hall–Kier alpha value is -3.42. The Morgan fingerprint density at radius 3 is 1.43 bits per heavy atom. The van der Waals surface area contributed by atoms with Gasteiger partial charge in [0.05, 0.1) is 51.0 Å². The standard InChI is InChI=1S/C16H30O6.C11H21NO5.C11H20O6/c1-4-16(2,3)15(19)20-11-8-9-13-22-21-12-7-5-6-10-14(17)18;1-3-9(2)11(15)12-6-8-17-16-7-4-5-10(13)14;1-3-9(2)11(14)15-7-8-17-16-6-4-5-10(12)13/h4-13H2,1-3H3,(H,17,18);9H,3-8H2,1-2H3,(H,12,15)(H,13,14);9H,3-8H2,1-2H3,(H,12,13). The normalized spacial score (nSPS) is 11.8. The van der Waals surface area contributed by atoms with Crippen LogP contribution >= 0.6 is 0 Å². The Balaban J connectivity index is -0.000000762. The van der Waals surface area contributed by atoms with E-state index >= 15 is 0 Å². The van der Waals surface area contributed by atoms with Crippen LogP contribution in [0.1, 0.15) is 132 Å². The monoisotopic (exact) mass is 813 g/mol. The second-order valence-corrected chi connectivity index (χ2v) is 13.3. The van der Waals surface area contributed by atoms with Gasteiger partial charge in [-0.15, -0.1) is 0 Å². The van der Waals surface area contributed by atoms with E-state index in [2.05, 4.69) is 5.32 Å². The van der Waals surface area contributed by atoms with Crippen LogP contribution in [0.15, 0.2) is 0 Å². The lowest BCUT2D eigenvalue weighted by molar-refractivity contribution is -0.298. The molecule has 0 aliphatic carbocycles. The molecule has 0 saturated heterocycles. The second kappa shape index (κ2) is 39.8. The van der Waals surface area contributed by atoms with Gasteiger partial charge in [0.2, 0.25) is 5.91 Å². The number of carbonyl (C=O) groups excluding carboxylic acids is 3. The fourth-order valence-corrected chi connectivity index (χ4v) is 3.36. The summed E-state index contributed by atoms with van der Waals surface area (Å²) >= 11 is 0. The van der Waals surface area contributed by atoms with E-state index < -0.39 is 23.3 Å². The third-order valence-electron chi connectivity index (χ3n) is 7.87. The first kappa shape index (κ1) is 56.9. The number of amides is 1. The average molecular weight is 814 g/mol. The first-order valence-electron chi connectivity index (χ1n) is 19.6. The lowest BCUT2D eigenvalue weighted by atomic mass is 9.91. The van der Waals surface area contributed by atoms with E-state index in [1.54, 1.807) is 6.92 Å². The summed E-state index contributed by atoms with van der Waals surface area (Å²) in [6, 6.07) is 0. The third-order valence-corrected chi connectivity index (χ3v) is 7.87. The molecule has 0 bridgehead atoms. The summed E-state index contributed by atoms with van der Waals surface area (Å²) in [6.45, 7) is 16.0. The third kappa shape index (κ3) is 41.7. The van der Waals surface area contributed by atoms with Crippen molar-refractivity contribution in [2.24, 2.45) is 17.3 Å². The van der Waals surface area contributed by atoms with Gasteiger partial charge in [0.1, 0.15) is 13.2 Å². The van der Waals surface area contributed by atoms with Gasteiger partial charge >= 0.3 is 29.8 Å². The second-order valence-electron chi connectivity index (χ2n) is 13.3. The number of nitrogens with one attached hydrogen (secondary N) is 1. The minimum Gasteiger partial charge on any atom is -0.481 e. The van der Waals surface area contributed by atoms with Crippen LogP contribution in [-0.2, 0) is 67.6 Å². The van der Waals surface area contributed by atoms with E-state index in [0.29, 0.717) is 45.6 Å². The minimum atomic E-state index is -0.865. The van der Waals surface area contributed by atoms with E-state index in [4.69, 9.17) is 54.1 Å². The van der Waals surface area contributed by atoms with Gasteiger partial charge in [-0.3, -0.25) is 28.8 Å². The summed E-state index contributed by atoms with van der Waals surface area (Å²) in [5, 5.41) is 27.9. The number of ether oxygens (including phenoxy) is 2. The van der Waals surface area contributed by atoms with Crippen LogP contribution in [0.25, 0.3) is 0 Å². The molecule has 56 heavy (non-hydrogen) atoms. The van der Waals surface area contributed by atoms with Gasteiger partial charge in [-0.25, -0.2) is 29.3 Å². The molecule has 0 aromatic carbocycles. The van der Waals surface area contributed by atoms with Gasteiger partial charge in [0.25, 0.3) is 0 Å². The van der Waals surface area contributed by atoms with E-state index in [-0.39, 0.29) is 82.0 Å². The van der Waals surface area contributed by atoms with Crippen molar-refractivity contribution in [2.45, 2.75) is 132 Å². The number of rotatable bonds is 34. The van der Waals surface area contributed by atoms with E-state index in [0.717, 1.165) is 44.9 Å². The van der Waals surface area contributed by atoms with Crippen molar-refractivity contribution in [3.63, 3.8) is 0 Å². The Morgan fingerprint density at radius 2 is 0.946 bits per heavy atom. The maximum atomic E-state index is 11.7. The van der Waals surface area contributed by atoms with Crippen molar-refractivity contribution in [2.75, 3.05) is 59.4 Å². The minimum absolute atomic E-state index is 0.00183. The zero-order chi connectivity index (χ0) is 43.0. The number of unbranched alkanes of at least 4 members (excludes halogenated alkanes) is 3. The quantitative estimate of drug-likeness (QED) is 0.0264. The molecule has 1 amide bonds. The van der Waals surface area contributed by atoms with Crippen LogP contribution in [0.3, 0.4) is 0 Å². The molecule has 2 unspecified atom stereocenters. The number of hydrogen-bond donors (Lipinski definition) is 4. The molecule has 0 saturated carbocycles. The molecule has 0 aromatic rings. The number of esters is 2. The predicted molar refractivity (Wildman–Crippen MR) is 203 cm³/mol. The number of carbonyl (C=O) groups is 6. The molecule has 4 N–H and O–H groups in total. The van der Waals surface area contributed by atoms with Crippen molar-refractivity contribution in [1.82, 2.24) is 5.32 Å². The molecule has 0 aliphatic rings. The highest BCUT2D eigenvalue weighted by Crippen LogP contribution is 2.21. The van der Waals surface area contributed by atoms with Crippen LogP contribution in [0.5, 0.6) is 0 Å². The van der Waals surface area contributed by atoms with Gasteiger partial charge in [-0.05, 0) is 71.6 Å². The molecule has 0 fully saturated rings. The highest BCUT2D eigenvalue weighted by Gasteiger charge is 2.26. The maximum absolute atomic E-state index is 11.7. The zero-order valence-electron chi connectivity index (χ0n) is 34.8. The van der Waals surface area contributed by atoms with Gasteiger partial charge in [-0.2, -0.15) is 0 Å². The number of carboxylic acid groups (broad SMARTS) is 3. The molecule has 0 aliphatic heterocycles. The van der Waals surface area contributed by atoms with Gasteiger partial charge < -0.3 is 30.1 Å². The van der Waals surface area contributed by atoms with Crippen molar-refractivity contribution in [1.29, 1.82) is 0 Å². The average Bonchev–Trinajstić information content (AvgIpc) is 3.16. The van der Waals surface area contributed by atoms with E-state index in [1.807, 2.05) is 41.5 Å². The van der Waals surface area contributed by atoms with Crippen LogP contribution in [0.4, 0.5) is 0 Å². The van der Waals surface area contributed by atoms with E-state index in [1.165, 1.54) is 0 Å². The fraction of sp³-hybridized carbons (Fsp3) is 0.842. The van der Waals surface area contributed by atoms with Crippen molar-refractivity contribution < 1.29 is 82.9 Å². The predicted octanol–water partition coefficient (Wildman–Crippen LogP) is 5.69. The molecule has 330 valence electrons. The molecular formula is C38H71NO17. The molecule has 0 spiro atoms. The molecule has 0 heterocycles. The maximum Gasteiger partial charge on any atom is 0.311 e. The molecule has 0 radical (unpaired) electrons. The summed E-state index contributed by atoms with van der Waals surface area (Å²) in [6.07, 6.45) is 7.20. The highest BCUT2D eigenvalue weighted by molar-refractivity contribution is 5.78. The highest BCUT2D eigenvalue weighted by atomic mass is 17.2. The smallest absolute Gasteiger partial charge is 0.311 e. The van der Waals surface area contributed by atoms with Gasteiger partial charge in [0.15, 0.2) is 0 Å². The van der Waals surface area contributed by atoms with Crippen LogP contribution in [-0.4, -0.2) is 110 Å². The van der Waals surface area contributed by atoms with Crippen LogP contribution in [0.2, 0.25) is 0 Å². The van der Waals surface area contributed by atoms with Gasteiger partial charge in [0, 0.05) is 31.7 Å². The lowest BCUT2D eigenvalue weighted by Gasteiger charge is -2.20. The molecule has 0 rings (SSSR count). The first-order chi connectivity index (χ1) is 26.5. The number of hydrogen-bond acceptors (Lipinski definition) is 14. The molecule has 0 aromatic heterocycles.